The number of benzene rings is 1. The van der Waals surface area contributed by atoms with E-state index in [9.17, 15) is 57.5 Å². The molecule has 1 aromatic heterocycles. The van der Waals surface area contributed by atoms with E-state index in [4.69, 9.17) is 63.1 Å². The topological polar surface area (TPSA) is 689 Å². The van der Waals surface area contributed by atoms with Crippen LogP contribution in [0.4, 0.5) is 0 Å². The number of aromatic nitrogens is 1. The number of nitrogens with zero attached hydrogens (tertiary/aromatic N) is 4. The number of rotatable bonds is 50. The van der Waals surface area contributed by atoms with Crippen LogP contribution in [0, 0.1) is 29.6 Å². The van der Waals surface area contributed by atoms with E-state index in [0.717, 1.165) is 0 Å². The van der Waals surface area contributed by atoms with Crippen LogP contribution in [-0.4, -0.2) is 205 Å². The zero-order valence-electron chi connectivity index (χ0n) is 64.3. The van der Waals surface area contributed by atoms with Crippen LogP contribution in [0.1, 0.15) is 152 Å². The summed E-state index contributed by atoms with van der Waals surface area (Å²) in [4.78, 5) is 188. The molecule has 12 amide bonds. The third-order valence-corrected chi connectivity index (χ3v) is 17.6. The van der Waals surface area contributed by atoms with Crippen LogP contribution < -0.4 is 122 Å². The Morgan fingerprint density at radius 3 is 1.18 bits per heavy atom. The molecule has 0 radical (unpaired) electrons. The third kappa shape index (κ3) is 33.9. The van der Waals surface area contributed by atoms with Gasteiger partial charge in [0.15, 0.2) is 23.8 Å². The van der Waals surface area contributed by atoms with Gasteiger partial charge in [0, 0.05) is 49.7 Å². The molecule has 0 aliphatic rings. The fraction of sp³-hybridized carbons (Fsp3) is 0.652. The first-order valence-corrected chi connectivity index (χ1v) is 36.6. The summed E-state index contributed by atoms with van der Waals surface area (Å²) >= 11 is 0. The number of carbonyl (C=O) groups excluding carboxylic acids is 12. The Kier molecular flexibility index (Phi) is 41.4. The smallest absolute Gasteiger partial charge is 0.243 e. The lowest BCUT2D eigenvalue weighted by molar-refractivity contribution is -0.137. The minimum atomic E-state index is -1.45. The Labute approximate surface area is 631 Å². The molecular formula is C69H123N27O12. The van der Waals surface area contributed by atoms with Gasteiger partial charge in [0.25, 0.3) is 0 Å². The van der Waals surface area contributed by atoms with E-state index in [-0.39, 0.29) is 139 Å². The molecule has 0 spiro atoms. The standard InChI is InChI=1S/C69H123N27O12/c1-12-38(10)53(65(108)93-49(32-40-33-85-42-20-14-13-19-41(40)42)61(104)88-44(22-16-28-82-67(75)76)56(99)87-43(54(72)97)21-15-27-81-66(73)74)96-58(101)46(24-18-30-84-69(79)80)91-64(107)52(37(8)9)94-55(98)39(11)86-63(106)51(36(6)7)95-59(102)47(25-26-70)89-60(103)48(31-34(2)3)92-57(100)45(23-17-29-83-68(77)78)90-62(105)50(71)35(4)5/h13-14,19-20,33-39,43-53,85H,12,15-18,21-32,70-71H2,1-11H3,(H2,72,97)(H,86,106)(H,87,99)(H,88,104)(H,89,103)(H,90,105)(H,91,107)(H,92,100)(H,93,108)(H,94,98)(H,95,102)(H,96,101)(H4,73,74,81)(H4,75,76,82)(H4,77,78,83)(H4,79,80,84)/t38-,39-,43-,44-,45-,46-,47-,48-,49-,50-,51-,52-,53-/m0/s1. The van der Waals surface area contributed by atoms with E-state index in [2.05, 4.69) is 83.4 Å². The van der Waals surface area contributed by atoms with Gasteiger partial charge in [0.05, 0.1) is 6.04 Å². The maximum atomic E-state index is 14.9. The number of para-hydroxylation sites is 1. The molecule has 0 bridgehead atoms. The Balaban J connectivity index is 2.50. The van der Waals surface area contributed by atoms with Gasteiger partial charge in [-0.1, -0.05) is 93.9 Å². The molecule has 0 fully saturated rings. The molecule has 0 aliphatic carbocycles. The quantitative estimate of drug-likeness (QED) is 0.0167. The van der Waals surface area contributed by atoms with Gasteiger partial charge >= 0.3 is 0 Å². The Bertz CT molecular complexity index is 3420. The van der Waals surface area contributed by atoms with Crippen molar-refractivity contribution in [3.05, 3.63) is 36.0 Å². The summed E-state index contributed by atoms with van der Waals surface area (Å²) in [5.74, 6) is -12.8. The van der Waals surface area contributed by atoms with Gasteiger partial charge in [0.2, 0.25) is 70.9 Å². The second-order valence-corrected chi connectivity index (χ2v) is 28.2. The highest BCUT2D eigenvalue weighted by molar-refractivity contribution is 6.00. The summed E-state index contributed by atoms with van der Waals surface area (Å²) in [7, 11) is 0. The van der Waals surface area contributed by atoms with Crippen molar-refractivity contribution in [2.75, 3.05) is 32.7 Å². The molecule has 0 saturated carbocycles. The summed E-state index contributed by atoms with van der Waals surface area (Å²) in [5, 5.41) is 30.3. The molecule has 1 aromatic carbocycles. The highest BCUT2D eigenvalue weighted by atomic mass is 16.2. The van der Waals surface area contributed by atoms with Crippen molar-refractivity contribution >= 4 is 106 Å². The maximum Gasteiger partial charge on any atom is 0.243 e. The van der Waals surface area contributed by atoms with Gasteiger partial charge in [-0.3, -0.25) is 77.5 Å². The summed E-state index contributed by atoms with van der Waals surface area (Å²) in [6.45, 7) is 18.6. The number of H-pyrrole nitrogens is 1. The van der Waals surface area contributed by atoms with Gasteiger partial charge in [-0.2, -0.15) is 0 Å². The molecule has 0 unspecified atom stereocenters. The van der Waals surface area contributed by atoms with E-state index >= 15 is 0 Å². The molecule has 1 heterocycles. The number of hydrogen-bond acceptors (Lipinski definition) is 18. The van der Waals surface area contributed by atoms with Crippen LogP contribution >= 0.6 is 0 Å². The number of aromatic amines is 1. The molecule has 2 rings (SSSR count). The lowest BCUT2D eigenvalue weighted by atomic mass is 9.96. The number of primary amides is 1. The number of aliphatic imine (C=N–C) groups is 4. The fourth-order valence-electron chi connectivity index (χ4n) is 11.1. The average Bonchev–Trinajstić information content (AvgIpc) is 1.65. The van der Waals surface area contributed by atoms with Crippen molar-refractivity contribution in [3.63, 3.8) is 0 Å². The Morgan fingerprint density at radius 2 is 0.750 bits per heavy atom. The number of fused-ring (bicyclic) bond motifs is 1. The average molecular weight is 1520 g/mol. The van der Waals surface area contributed by atoms with Crippen molar-refractivity contribution in [1.82, 2.24) is 63.5 Å². The minimum absolute atomic E-state index is 0.00169. The van der Waals surface area contributed by atoms with Gasteiger partial charge < -0.3 is 127 Å². The third-order valence-electron chi connectivity index (χ3n) is 17.6. The van der Waals surface area contributed by atoms with Crippen molar-refractivity contribution in [2.45, 2.75) is 226 Å². The zero-order valence-corrected chi connectivity index (χ0v) is 64.3. The number of carbonyl (C=O) groups is 12. The van der Waals surface area contributed by atoms with Crippen molar-refractivity contribution in [3.8, 4) is 0 Å². The first-order chi connectivity index (χ1) is 50.7. The van der Waals surface area contributed by atoms with Crippen LogP contribution in [-0.2, 0) is 64.0 Å². The van der Waals surface area contributed by atoms with E-state index in [1.807, 2.05) is 19.9 Å². The molecule has 13 atom stereocenters. The first-order valence-electron chi connectivity index (χ1n) is 36.6. The Hall–Kier alpha value is -10.6. The number of nitrogens with two attached hydrogens (primary N) is 11. The highest BCUT2D eigenvalue weighted by Crippen LogP contribution is 2.21. The predicted octanol–water partition coefficient (Wildman–Crippen LogP) is -5.50. The van der Waals surface area contributed by atoms with E-state index in [0.29, 0.717) is 22.9 Å². The van der Waals surface area contributed by atoms with E-state index < -0.39 is 161 Å². The van der Waals surface area contributed by atoms with Crippen LogP contribution in [0.2, 0.25) is 0 Å². The molecule has 0 aliphatic heterocycles. The van der Waals surface area contributed by atoms with E-state index in [1.165, 1.54) is 6.92 Å². The molecule has 2 aromatic rings. The summed E-state index contributed by atoms with van der Waals surface area (Å²) in [6, 6.07) is -8.38. The highest BCUT2D eigenvalue weighted by Gasteiger charge is 2.38. The molecule has 39 nitrogen and oxygen atoms in total. The van der Waals surface area contributed by atoms with Crippen molar-refractivity contribution < 1.29 is 57.5 Å². The van der Waals surface area contributed by atoms with Gasteiger partial charge in [0.1, 0.15) is 66.5 Å². The molecule has 39 heteroatoms. The second-order valence-electron chi connectivity index (χ2n) is 28.2. The first kappa shape index (κ1) is 93.5. The zero-order chi connectivity index (χ0) is 81.7. The van der Waals surface area contributed by atoms with Crippen molar-refractivity contribution in [2.24, 2.45) is 113 Å². The van der Waals surface area contributed by atoms with Gasteiger partial charge in [-0.15, -0.1) is 0 Å². The molecular weight excluding hydrogens is 1400 g/mol. The largest absolute Gasteiger partial charge is 0.370 e. The number of hydrogen-bond donors (Lipinski definition) is 23. The fourth-order valence-corrected chi connectivity index (χ4v) is 11.1. The van der Waals surface area contributed by atoms with Crippen LogP contribution in [0.5, 0.6) is 0 Å². The molecule has 0 saturated heterocycles. The predicted molar refractivity (Wildman–Crippen MR) is 413 cm³/mol. The summed E-state index contributed by atoms with van der Waals surface area (Å²) in [5.41, 5.74) is 63.3. The van der Waals surface area contributed by atoms with Crippen molar-refractivity contribution in [1.29, 1.82) is 0 Å². The van der Waals surface area contributed by atoms with Crippen LogP contribution in [0.3, 0.4) is 0 Å². The SMILES string of the molecule is CC[C@H](C)[C@H](NC(=O)[C@H](CCCN=C(N)N)NC(=O)[C@@H](NC(=O)[C@H](C)NC(=O)[C@@H](NC(=O)[C@H](CCN)NC(=O)[C@H](CC(C)C)NC(=O)[C@H](CCCN=C(N)N)NC(=O)[C@@H](N)C(C)C)C(C)C)C(C)C)C(=O)N[C@@H](Cc1c[nH]c2ccccc12)C(=O)N[C@@H](CCCN=C(N)N)C(=O)N[C@@H](CCCN=C(N)N)C(N)=O. The molecule has 108 heavy (non-hydrogen) atoms. The van der Waals surface area contributed by atoms with Crippen LogP contribution in [0.25, 0.3) is 10.9 Å². The minimum Gasteiger partial charge on any atom is -0.370 e. The number of guanidine groups is 4. The maximum absolute atomic E-state index is 14.9. The molecule has 34 N–H and O–H groups in total. The lowest BCUT2D eigenvalue weighted by Crippen LogP contribution is -2.62. The summed E-state index contributed by atoms with van der Waals surface area (Å²) in [6.07, 6.45) is 2.46. The van der Waals surface area contributed by atoms with Crippen LogP contribution in [0.15, 0.2) is 50.4 Å². The normalized spacial score (nSPS) is 14.9. The summed E-state index contributed by atoms with van der Waals surface area (Å²) < 4.78 is 0. The molecule has 606 valence electrons. The number of nitrogens with one attached hydrogen (secondary N) is 12. The monoisotopic (exact) mass is 1520 g/mol. The van der Waals surface area contributed by atoms with Gasteiger partial charge in [-0.05, 0) is 119 Å². The lowest BCUT2D eigenvalue weighted by Gasteiger charge is -2.30. The number of amides is 12. The van der Waals surface area contributed by atoms with E-state index in [1.54, 1.807) is 79.8 Å². The second kappa shape index (κ2) is 47.9. The Morgan fingerprint density at radius 1 is 0.398 bits per heavy atom. The van der Waals surface area contributed by atoms with Gasteiger partial charge in [-0.25, -0.2) is 0 Å².